The van der Waals surface area contributed by atoms with Crippen molar-refractivity contribution in [2.75, 3.05) is 33.4 Å². The van der Waals surface area contributed by atoms with Crippen LogP contribution in [0.5, 0.6) is 0 Å². The van der Waals surface area contributed by atoms with Gasteiger partial charge in [0, 0.05) is 44.2 Å². The number of carbonyl (C=O) groups is 2. The predicted octanol–water partition coefficient (Wildman–Crippen LogP) is 3.69. The molecule has 31 heavy (non-hydrogen) atoms. The summed E-state index contributed by atoms with van der Waals surface area (Å²) >= 11 is 0. The Morgan fingerprint density at radius 1 is 0.968 bits per heavy atom. The Bertz CT molecular complexity index is 603. The van der Waals surface area contributed by atoms with E-state index in [0.717, 1.165) is 38.6 Å². The van der Waals surface area contributed by atoms with E-state index in [-0.39, 0.29) is 23.6 Å². The summed E-state index contributed by atoms with van der Waals surface area (Å²) in [6.07, 6.45) is 4.03. The summed E-state index contributed by atoms with van der Waals surface area (Å²) in [5, 5.41) is 6.69. The number of rotatable bonds is 6. The van der Waals surface area contributed by atoms with Crippen molar-refractivity contribution in [3.8, 4) is 0 Å². The van der Waals surface area contributed by atoms with Crippen LogP contribution in [0.2, 0.25) is 0 Å². The largest absolute Gasteiger partial charge is 0.444 e. The first kappa shape index (κ1) is 25.7. The molecule has 1 saturated heterocycles. The van der Waals surface area contributed by atoms with Gasteiger partial charge in [-0.1, -0.05) is 0 Å². The van der Waals surface area contributed by atoms with E-state index in [2.05, 4.69) is 10.6 Å². The van der Waals surface area contributed by atoms with E-state index in [0.29, 0.717) is 25.7 Å². The van der Waals surface area contributed by atoms with Gasteiger partial charge < -0.3 is 29.7 Å². The molecule has 180 valence electrons. The number of alkyl carbamates (subject to hydrolysis) is 1. The minimum absolute atomic E-state index is 0.00391. The van der Waals surface area contributed by atoms with E-state index >= 15 is 0 Å². The number of carbonyl (C=O) groups excluding carboxylic acids is 2. The monoisotopic (exact) mass is 441 g/mol. The third-order valence-electron chi connectivity index (χ3n) is 5.85. The Kier molecular flexibility index (Phi) is 8.62. The predicted molar refractivity (Wildman–Crippen MR) is 120 cm³/mol. The summed E-state index contributed by atoms with van der Waals surface area (Å²) in [4.78, 5) is 26.2. The van der Waals surface area contributed by atoms with Gasteiger partial charge in [-0.25, -0.2) is 9.59 Å². The average Bonchev–Trinajstić information content (AvgIpc) is 3.05. The van der Waals surface area contributed by atoms with Gasteiger partial charge in [-0.3, -0.25) is 0 Å². The SMILES string of the molecule is COCC1(CNC2CCC(NC(=O)OC(C)(C)C)C2)CCN(C(=O)OC(C)(C)C)CC1. The van der Waals surface area contributed by atoms with Gasteiger partial charge in [0.2, 0.25) is 0 Å². The number of hydrogen-bond acceptors (Lipinski definition) is 6. The summed E-state index contributed by atoms with van der Waals surface area (Å²) in [5.41, 5.74) is -0.961. The molecular weight excluding hydrogens is 398 g/mol. The first-order valence-electron chi connectivity index (χ1n) is 11.5. The molecule has 8 nitrogen and oxygen atoms in total. The van der Waals surface area contributed by atoms with Crippen LogP contribution in [0, 0.1) is 5.41 Å². The van der Waals surface area contributed by atoms with E-state index < -0.39 is 11.2 Å². The van der Waals surface area contributed by atoms with Crippen LogP contribution in [0.4, 0.5) is 9.59 Å². The molecule has 0 radical (unpaired) electrons. The van der Waals surface area contributed by atoms with Crippen molar-refractivity contribution in [2.24, 2.45) is 5.41 Å². The summed E-state index contributed by atoms with van der Waals surface area (Å²) in [6.45, 7) is 14.1. The third kappa shape index (κ3) is 8.85. The lowest BCUT2D eigenvalue weighted by molar-refractivity contribution is -0.00730. The number of amides is 2. The summed E-state index contributed by atoms with van der Waals surface area (Å²) in [5.74, 6) is 0. The Morgan fingerprint density at radius 2 is 1.55 bits per heavy atom. The fraction of sp³-hybridized carbons (Fsp3) is 0.913. The van der Waals surface area contributed by atoms with Gasteiger partial charge in [-0.15, -0.1) is 0 Å². The molecule has 2 N–H and O–H groups in total. The lowest BCUT2D eigenvalue weighted by atomic mass is 9.78. The molecule has 1 heterocycles. The Hall–Kier alpha value is -1.54. The molecule has 1 aliphatic heterocycles. The number of nitrogens with zero attached hydrogens (tertiary/aromatic N) is 1. The lowest BCUT2D eigenvalue weighted by Gasteiger charge is -2.42. The van der Waals surface area contributed by atoms with Crippen LogP contribution in [-0.4, -0.2) is 73.7 Å². The number of piperidine rings is 1. The average molecular weight is 442 g/mol. The molecule has 2 aliphatic rings. The highest BCUT2D eigenvalue weighted by molar-refractivity contribution is 5.68. The molecule has 0 spiro atoms. The van der Waals surface area contributed by atoms with Gasteiger partial charge in [0.1, 0.15) is 11.2 Å². The standard InChI is InChI=1S/C23H43N3O5/c1-21(2,3)30-19(27)25-18-9-8-17(14-18)24-15-23(16-29-7)10-12-26(13-11-23)20(28)31-22(4,5)6/h17-18,24H,8-16H2,1-7H3,(H,25,27). The quantitative estimate of drug-likeness (QED) is 0.654. The molecule has 2 amide bonds. The third-order valence-corrected chi connectivity index (χ3v) is 5.85. The van der Waals surface area contributed by atoms with Crippen molar-refractivity contribution < 1.29 is 23.8 Å². The summed E-state index contributed by atoms with van der Waals surface area (Å²) in [7, 11) is 1.73. The molecule has 0 bridgehead atoms. The molecule has 2 unspecified atom stereocenters. The maximum absolute atomic E-state index is 12.4. The van der Waals surface area contributed by atoms with E-state index in [4.69, 9.17) is 14.2 Å². The molecule has 0 aromatic rings. The highest BCUT2D eigenvalue weighted by Gasteiger charge is 2.38. The Labute approximate surface area is 187 Å². The fourth-order valence-corrected chi connectivity index (χ4v) is 4.30. The van der Waals surface area contributed by atoms with Crippen LogP contribution >= 0.6 is 0 Å². The van der Waals surface area contributed by atoms with Crippen molar-refractivity contribution in [1.29, 1.82) is 0 Å². The second kappa shape index (κ2) is 10.4. The Morgan fingerprint density at radius 3 is 2.10 bits per heavy atom. The first-order chi connectivity index (χ1) is 14.3. The van der Waals surface area contributed by atoms with Crippen molar-refractivity contribution >= 4 is 12.2 Å². The number of hydrogen-bond donors (Lipinski definition) is 2. The second-order valence-corrected chi connectivity index (χ2v) is 11.1. The fourth-order valence-electron chi connectivity index (χ4n) is 4.30. The zero-order chi connectivity index (χ0) is 23.3. The number of methoxy groups -OCH3 is 1. The highest BCUT2D eigenvalue weighted by atomic mass is 16.6. The zero-order valence-electron chi connectivity index (χ0n) is 20.5. The second-order valence-electron chi connectivity index (χ2n) is 11.1. The zero-order valence-corrected chi connectivity index (χ0v) is 20.5. The number of nitrogens with one attached hydrogen (secondary N) is 2. The van der Waals surface area contributed by atoms with Crippen molar-refractivity contribution in [2.45, 2.75) is 96.9 Å². The molecular formula is C23H43N3O5. The van der Waals surface area contributed by atoms with Crippen LogP contribution in [0.1, 0.15) is 73.6 Å². The number of likely N-dealkylation sites (tertiary alicyclic amines) is 1. The maximum Gasteiger partial charge on any atom is 0.410 e. The highest BCUT2D eigenvalue weighted by Crippen LogP contribution is 2.33. The van der Waals surface area contributed by atoms with Gasteiger partial charge in [0.05, 0.1) is 6.61 Å². The van der Waals surface area contributed by atoms with Gasteiger partial charge in [-0.2, -0.15) is 0 Å². The lowest BCUT2D eigenvalue weighted by Crippen LogP contribution is -2.51. The van der Waals surface area contributed by atoms with Gasteiger partial charge >= 0.3 is 12.2 Å². The molecule has 8 heteroatoms. The summed E-state index contributed by atoms with van der Waals surface area (Å²) < 4.78 is 16.4. The minimum Gasteiger partial charge on any atom is -0.444 e. The van der Waals surface area contributed by atoms with Gasteiger partial charge in [0.25, 0.3) is 0 Å². The molecule has 2 atom stereocenters. The van der Waals surface area contributed by atoms with E-state index in [9.17, 15) is 9.59 Å². The van der Waals surface area contributed by atoms with Crippen LogP contribution in [0.15, 0.2) is 0 Å². The van der Waals surface area contributed by atoms with Crippen LogP contribution in [-0.2, 0) is 14.2 Å². The van der Waals surface area contributed by atoms with Crippen LogP contribution in [0.25, 0.3) is 0 Å². The van der Waals surface area contributed by atoms with Crippen LogP contribution < -0.4 is 10.6 Å². The van der Waals surface area contributed by atoms with Crippen molar-refractivity contribution in [3.05, 3.63) is 0 Å². The van der Waals surface area contributed by atoms with E-state index in [1.807, 2.05) is 41.5 Å². The molecule has 1 saturated carbocycles. The topological polar surface area (TPSA) is 89.1 Å². The molecule has 0 aromatic heterocycles. The first-order valence-corrected chi connectivity index (χ1v) is 11.5. The maximum atomic E-state index is 12.4. The molecule has 0 aromatic carbocycles. The van der Waals surface area contributed by atoms with E-state index in [1.54, 1.807) is 12.0 Å². The van der Waals surface area contributed by atoms with Crippen molar-refractivity contribution in [1.82, 2.24) is 15.5 Å². The Balaban J connectivity index is 1.80. The molecule has 2 fully saturated rings. The number of ether oxygens (including phenoxy) is 3. The van der Waals surface area contributed by atoms with Gasteiger partial charge in [0.15, 0.2) is 0 Å². The smallest absolute Gasteiger partial charge is 0.410 e. The van der Waals surface area contributed by atoms with E-state index in [1.165, 1.54) is 0 Å². The van der Waals surface area contributed by atoms with Crippen molar-refractivity contribution in [3.63, 3.8) is 0 Å². The summed E-state index contributed by atoms with van der Waals surface area (Å²) in [6, 6.07) is 0.497. The molecule has 1 aliphatic carbocycles. The molecule has 2 rings (SSSR count). The minimum atomic E-state index is -0.485. The van der Waals surface area contributed by atoms with Crippen LogP contribution in [0.3, 0.4) is 0 Å². The van der Waals surface area contributed by atoms with Gasteiger partial charge in [-0.05, 0) is 73.6 Å². The normalized spacial score (nSPS) is 24.0.